The van der Waals surface area contributed by atoms with Gasteiger partial charge in [0.2, 0.25) is 0 Å². The molecule has 12 heavy (non-hydrogen) atoms. The molecule has 72 valence electrons. The van der Waals surface area contributed by atoms with Crippen LogP contribution in [0.5, 0.6) is 0 Å². The number of hydrogen-bond donors (Lipinski definition) is 0. The zero-order valence-corrected chi connectivity index (χ0v) is 8.59. The van der Waals surface area contributed by atoms with Crippen molar-refractivity contribution >= 4 is 5.97 Å². The molecule has 0 aliphatic rings. The van der Waals surface area contributed by atoms with Crippen LogP contribution < -0.4 is 0 Å². The van der Waals surface area contributed by atoms with Crippen LogP contribution in [-0.2, 0) is 9.53 Å². The van der Waals surface area contributed by atoms with E-state index < -0.39 is 0 Å². The van der Waals surface area contributed by atoms with Gasteiger partial charge < -0.3 is 4.74 Å². The third kappa shape index (κ3) is 3.24. The van der Waals surface area contributed by atoms with Gasteiger partial charge in [0, 0.05) is 0 Å². The standard InChI is InChI=1S/C10H20O2/c1-5-8(4)9(6-2)10(11)12-7-3/h8-9H,5-7H2,1-4H3/t8?,9-/m1/s1. The van der Waals surface area contributed by atoms with Crippen LogP contribution in [0.3, 0.4) is 0 Å². The molecule has 0 aliphatic carbocycles. The molecule has 0 aromatic heterocycles. The fraction of sp³-hybridized carbons (Fsp3) is 0.900. The normalized spacial score (nSPS) is 15.3. The average Bonchev–Trinajstić information content (AvgIpc) is 2.06. The van der Waals surface area contributed by atoms with E-state index in [1.54, 1.807) is 0 Å². The number of ether oxygens (including phenoxy) is 1. The average molecular weight is 172 g/mol. The predicted octanol–water partition coefficient (Wildman–Crippen LogP) is 2.62. The number of hydrogen-bond acceptors (Lipinski definition) is 2. The number of carbonyl (C=O) groups excluding carboxylic acids is 1. The summed E-state index contributed by atoms with van der Waals surface area (Å²) in [6, 6.07) is 0. The Morgan fingerprint density at radius 3 is 2.17 bits per heavy atom. The van der Waals surface area contributed by atoms with E-state index in [9.17, 15) is 4.79 Å². The maximum atomic E-state index is 11.4. The molecule has 0 fully saturated rings. The first-order valence-electron chi connectivity index (χ1n) is 4.83. The van der Waals surface area contributed by atoms with E-state index in [2.05, 4.69) is 13.8 Å². The SMILES string of the molecule is CCOC(=O)[C@H](CC)C(C)CC. The van der Waals surface area contributed by atoms with Crippen LogP contribution in [0.25, 0.3) is 0 Å². The summed E-state index contributed by atoms with van der Waals surface area (Å²) in [5, 5.41) is 0. The molecule has 2 heteroatoms. The zero-order valence-electron chi connectivity index (χ0n) is 8.59. The van der Waals surface area contributed by atoms with Gasteiger partial charge in [-0.1, -0.05) is 27.2 Å². The van der Waals surface area contributed by atoms with Crippen LogP contribution in [0.2, 0.25) is 0 Å². The lowest BCUT2D eigenvalue weighted by Crippen LogP contribution is -2.23. The smallest absolute Gasteiger partial charge is 0.309 e. The van der Waals surface area contributed by atoms with Crippen molar-refractivity contribution in [2.24, 2.45) is 11.8 Å². The molecular formula is C10H20O2. The molecule has 0 heterocycles. The number of rotatable bonds is 5. The third-order valence-corrected chi connectivity index (χ3v) is 2.36. The second-order valence-electron chi connectivity index (χ2n) is 3.15. The first kappa shape index (κ1) is 11.5. The fourth-order valence-corrected chi connectivity index (χ4v) is 1.34. The molecule has 2 atom stereocenters. The van der Waals surface area contributed by atoms with Gasteiger partial charge in [0.25, 0.3) is 0 Å². The summed E-state index contributed by atoms with van der Waals surface area (Å²) < 4.78 is 4.98. The first-order valence-corrected chi connectivity index (χ1v) is 4.83. The molecule has 0 rings (SSSR count). The van der Waals surface area contributed by atoms with E-state index in [4.69, 9.17) is 4.74 Å². The van der Waals surface area contributed by atoms with Crippen LogP contribution >= 0.6 is 0 Å². The molecule has 0 bridgehead atoms. The highest BCUT2D eigenvalue weighted by Gasteiger charge is 2.22. The van der Waals surface area contributed by atoms with Crippen molar-refractivity contribution < 1.29 is 9.53 Å². The molecule has 0 N–H and O–H groups in total. The van der Waals surface area contributed by atoms with Crippen LogP contribution in [0.1, 0.15) is 40.5 Å². The predicted molar refractivity (Wildman–Crippen MR) is 49.9 cm³/mol. The van der Waals surface area contributed by atoms with Crippen molar-refractivity contribution in [1.29, 1.82) is 0 Å². The van der Waals surface area contributed by atoms with Crippen molar-refractivity contribution in [3.8, 4) is 0 Å². The zero-order chi connectivity index (χ0) is 9.56. The molecule has 0 saturated heterocycles. The Bertz CT molecular complexity index is 132. The molecular weight excluding hydrogens is 152 g/mol. The second kappa shape index (κ2) is 6.04. The fourth-order valence-electron chi connectivity index (χ4n) is 1.34. The third-order valence-electron chi connectivity index (χ3n) is 2.36. The number of esters is 1. The van der Waals surface area contributed by atoms with Crippen molar-refractivity contribution in [1.82, 2.24) is 0 Å². The van der Waals surface area contributed by atoms with Gasteiger partial charge in [-0.3, -0.25) is 4.79 Å². The molecule has 0 saturated carbocycles. The monoisotopic (exact) mass is 172 g/mol. The molecule has 1 unspecified atom stereocenters. The maximum Gasteiger partial charge on any atom is 0.309 e. The Morgan fingerprint density at radius 1 is 1.25 bits per heavy atom. The van der Waals surface area contributed by atoms with Gasteiger partial charge in [-0.15, -0.1) is 0 Å². The minimum absolute atomic E-state index is 0.0330. The van der Waals surface area contributed by atoms with Gasteiger partial charge >= 0.3 is 5.97 Å². The Labute approximate surface area is 75.3 Å². The highest BCUT2D eigenvalue weighted by molar-refractivity contribution is 5.72. The van der Waals surface area contributed by atoms with E-state index in [-0.39, 0.29) is 11.9 Å². The summed E-state index contributed by atoms with van der Waals surface area (Å²) in [5.41, 5.74) is 0. The van der Waals surface area contributed by atoms with Crippen LogP contribution in [0, 0.1) is 11.8 Å². The van der Waals surface area contributed by atoms with Crippen molar-refractivity contribution in [3.63, 3.8) is 0 Å². The summed E-state index contributed by atoms with van der Waals surface area (Å²) in [7, 11) is 0. The van der Waals surface area contributed by atoms with Crippen LogP contribution in [-0.4, -0.2) is 12.6 Å². The lowest BCUT2D eigenvalue weighted by molar-refractivity contribution is -0.150. The van der Waals surface area contributed by atoms with E-state index in [0.29, 0.717) is 12.5 Å². The molecule has 0 spiro atoms. The summed E-state index contributed by atoms with van der Waals surface area (Å²) >= 11 is 0. The lowest BCUT2D eigenvalue weighted by atomic mass is 9.90. The van der Waals surface area contributed by atoms with Gasteiger partial charge in [0.1, 0.15) is 0 Å². The highest BCUT2D eigenvalue weighted by Crippen LogP contribution is 2.19. The Balaban J connectivity index is 4.04. The lowest BCUT2D eigenvalue weighted by Gasteiger charge is -2.19. The first-order chi connectivity index (χ1) is 5.67. The van der Waals surface area contributed by atoms with E-state index in [1.165, 1.54) is 0 Å². The second-order valence-corrected chi connectivity index (χ2v) is 3.15. The van der Waals surface area contributed by atoms with Crippen molar-refractivity contribution in [2.75, 3.05) is 6.61 Å². The summed E-state index contributed by atoms with van der Waals surface area (Å²) in [6.07, 6.45) is 1.92. The van der Waals surface area contributed by atoms with Crippen molar-refractivity contribution in [3.05, 3.63) is 0 Å². The van der Waals surface area contributed by atoms with Gasteiger partial charge in [-0.05, 0) is 19.3 Å². The Hall–Kier alpha value is -0.530. The highest BCUT2D eigenvalue weighted by atomic mass is 16.5. The van der Waals surface area contributed by atoms with Gasteiger partial charge in [0.05, 0.1) is 12.5 Å². The molecule has 0 radical (unpaired) electrons. The van der Waals surface area contributed by atoms with Crippen LogP contribution in [0.15, 0.2) is 0 Å². The maximum absolute atomic E-state index is 11.4. The minimum Gasteiger partial charge on any atom is -0.466 e. The number of carbonyl (C=O) groups is 1. The molecule has 0 aromatic rings. The van der Waals surface area contributed by atoms with E-state index in [0.717, 1.165) is 12.8 Å². The van der Waals surface area contributed by atoms with E-state index >= 15 is 0 Å². The molecule has 2 nitrogen and oxygen atoms in total. The van der Waals surface area contributed by atoms with Gasteiger partial charge in [-0.25, -0.2) is 0 Å². The molecule has 0 aliphatic heterocycles. The van der Waals surface area contributed by atoms with Crippen LogP contribution in [0.4, 0.5) is 0 Å². The molecule has 0 aromatic carbocycles. The summed E-state index contributed by atoms with van der Waals surface area (Å²) in [6.45, 7) is 8.58. The largest absolute Gasteiger partial charge is 0.466 e. The summed E-state index contributed by atoms with van der Waals surface area (Å²) in [5.74, 6) is 0.498. The molecule has 0 amide bonds. The Kier molecular flexibility index (Phi) is 5.77. The van der Waals surface area contributed by atoms with Crippen molar-refractivity contribution in [2.45, 2.75) is 40.5 Å². The topological polar surface area (TPSA) is 26.3 Å². The Morgan fingerprint density at radius 2 is 1.83 bits per heavy atom. The quantitative estimate of drug-likeness (QED) is 0.596. The summed E-state index contributed by atoms with van der Waals surface area (Å²) in [4.78, 5) is 11.4. The van der Waals surface area contributed by atoms with Gasteiger partial charge in [-0.2, -0.15) is 0 Å². The minimum atomic E-state index is -0.0330. The van der Waals surface area contributed by atoms with Gasteiger partial charge in [0.15, 0.2) is 0 Å². The van der Waals surface area contributed by atoms with E-state index in [1.807, 2.05) is 13.8 Å².